The summed E-state index contributed by atoms with van der Waals surface area (Å²) in [5, 5.41) is 11.6. The van der Waals surface area contributed by atoms with Crippen molar-refractivity contribution in [2.45, 2.75) is 25.3 Å². The highest BCUT2D eigenvalue weighted by molar-refractivity contribution is 5.76. The maximum atomic E-state index is 11.3. The summed E-state index contributed by atoms with van der Waals surface area (Å²) in [6, 6.07) is -0.253. The second kappa shape index (κ2) is 5.19. The van der Waals surface area contributed by atoms with Crippen LogP contribution in [-0.2, 0) is 9.53 Å². The van der Waals surface area contributed by atoms with E-state index in [0.29, 0.717) is 18.9 Å². The van der Waals surface area contributed by atoms with E-state index in [2.05, 4.69) is 5.32 Å². The van der Waals surface area contributed by atoms with E-state index in [4.69, 9.17) is 9.84 Å². The number of methoxy groups -OCH3 is 1. The molecular weight excluding hydrogens is 170 g/mol. The molecular formula is C9H17NO3. The topological polar surface area (TPSA) is 58.6 Å². The van der Waals surface area contributed by atoms with Crippen molar-refractivity contribution in [1.82, 2.24) is 5.32 Å². The predicted octanol–water partition coefficient (Wildman–Crippen LogP) is -0.0900. The predicted molar refractivity (Wildman–Crippen MR) is 48.2 cm³/mol. The molecule has 13 heavy (non-hydrogen) atoms. The molecule has 1 amide bonds. The Kier molecular flexibility index (Phi) is 4.18. The van der Waals surface area contributed by atoms with Crippen molar-refractivity contribution in [3.8, 4) is 0 Å². The van der Waals surface area contributed by atoms with Crippen LogP contribution in [0.15, 0.2) is 0 Å². The van der Waals surface area contributed by atoms with Crippen molar-refractivity contribution in [2.75, 3.05) is 20.3 Å². The number of carbonyl (C=O) groups is 1. The van der Waals surface area contributed by atoms with Crippen LogP contribution in [0.3, 0.4) is 0 Å². The molecule has 1 saturated carbocycles. The third-order valence-corrected chi connectivity index (χ3v) is 2.12. The minimum Gasteiger partial charge on any atom is -0.394 e. The van der Waals surface area contributed by atoms with Crippen LogP contribution in [0.5, 0.6) is 0 Å². The van der Waals surface area contributed by atoms with E-state index in [9.17, 15) is 4.79 Å². The van der Waals surface area contributed by atoms with Crippen LogP contribution in [0.4, 0.5) is 0 Å². The van der Waals surface area contributed by atoms with Gasteiger partial charge in [-0.1, -0.05) is 0 Å². The van der Waals surface area contributed by atoms with Crippen LogP contribution < -0.4 is 5.32 Å². The van der Waals surface area contributed by atoms with Crippen molar-refractivity contribution in [3.63, 3.8) is 0 Å². The minimum absolute atomic E-state index is 0.0265. The van der Waals surface area contributed by atoms with Crippen LogP contribution in [0.25, 0.3) is 0 Å². The molecule has 2 N–H and O–H groups in total. The minimum atomic E-state index is -0.253. The van der Waals surface area contributed by atoms with Gasteiger partial charge in [-0.05, 0) is 18.8 Å². The Bertz CT molecular complexity index is 168. The summed E-state index contributed by atoms with van der Waals surface area (Å²) in [6.45, 7) is 0.303. The molecule has 0 aliphatic heterocycles. The average molecular weight is 187 g/mol. The van der Waals surface area contributed by atoms with Crippen LogP contribution in [0.1, 0.15) is 19.3 Å². The zero-order valence-corrected chi connectivity index (χ0v) is 7.95. The van der Waals surface area contributed by atoms with Crippen molar-refractivity contribution in [2.24, 2.45) is 5.92 Å². The highest BCUT2D eigenvalue weighted by Gasteiger charge is 2.25. The van der Waals surface area contributed by atoms with E-state index in [1.165, 1.54) is 12.8 Å². The molecule has 0 radical (unpaired) electrons. The molecule has 1 unspecified atom stereocenters. The first kappa shape index (κ1) is 10.5. The summed E-state index contributed by atoms with van der Waals surface area (Å²) in [7, 11) is 1.55. The summed E-state index contributed by atoms with van der Waals surface area (Å²) >= 11 is 0. The fraction of sp³-hybridized carbons (Fsp3) is 0.889. The third-order valence-electron chi connectivity index (χ3n) is 2.12. The average Bonchev–Trinajstić information content (AvgIpc) is 2.87. The van der Waals surface area contributed by atoms with Crippen molar-refractivity contribution in [3.05, 3.63) is 0 Å². The quantitative estimate of drug-likeness (QED) is 0.611. The maximum absolute atomic E-state index is 11.3. The van der Waals surface area contributed by atoms with Crippen LogP contribution in [-0.4, -0.2) is 37.4 Å². The summed E-state index contributed by atoms with van der Waals surface area (Å²) in [6.07, 6.45) is 2.93. The van der Waals surface area contributed by atoms with E-state index >= 15 is 0 Å². The molecule has 1 rings (SSSR count). The number of aliphatic hydroxyl groups excluding tert-OH is 1. The van der Waals surface area contributed by atoms with Crippen molar-refractivity contribution < 1.29 is 14.6 Å². The Hall–Kier alpha value is -0.610. The Morgan fingerprint density at radius 1 is 1.69 bits per heavy atom. The molecule has 1 aliphatic carbocycles. The lowest BCUT2D eigenvalue weighted by atomic mass is 10.2. The molecule has 0 saturated heterocycles. The zero-order valence-electron chi connectivity index (χ0n) is 7.95. The lowest BCUT2D eigenvalue weighted by molar-refractivity contribution is -0.122. The van der Waals surface area contributed by atoms with Gasteiger partial charge in [-0.25, -0.2) is 0 Å². The van der Waals surface area contributed by atoms with Gasteiger partial charge in [0.15, 0.2) is 0 Å². The molecule has 1 aliphatic rings. The number of hydrogen-bond donors (Lipinski definition) is 2. The van der Waals surface area contributed by atoms with Gasteiger partial charge in [0.2, 0.25) is 5.91 Å². The molecule has 1 fully saturated rings. The van der Waals surface area contributed by atoms with E-state index in [1.807, 2.05) is 0 Å². The van der Waals surface area contributed by atoms with Gasteiger partial charge in [0.05, 0.1) is 19.3 Å². The van der Waals surface area contributed by atoms with E-state index in [-0.39, 0.29) is 18.6 Å². The largest absolute Gasteiger partial charge is 0.394 e. The van der Waals surface area contributed by atoms with Gasteiger partial charge in [0, 0.05) is 13.5 Å². The van der Waals surface area contributed by atoms with Gasteiger partial charge in [-0.3, -0.25) is 4.79 Å². The van der Waals surface area contributed by atoms with Crippen LogP contribution in [0, 0.1) is 5.92 Å². The van der Waals surface area contributed by atoms with Gasteiger partial charge >= 0.3 is 0 Å². The Labute approximate surface area is 78.3 Å². The first-order valence-corrected chi connectivity index (χ1v) is 4.65. The van der Waals surface area contributed by atoms with E-state index in [0.717, 1.165) is 0 Å². The second-order valence-corrected chi connectivity index (χ2v) is 3.55. The summed E-state index contributed by atoms with van der Waals surface area (Å²) in [4.78, 5) is 11.3. The van der Waals surface area contributed by atoms with Crippen LogP contribution >= 0.6 is 0 Å². The summed E-state index contributed by atoms with van der Waals surface area (Å²) in [5.74, 6) is 0.612. The summed E-state index contributed by atoms with van der Waals surface area (Å²) < 4.78 is 4.84. The Balaban J connectivity index is 2.14. The number of amides is 1. The van der Waals surface area contributed by atoms with E-state index in [1.54, 1.807) is 7.11 Å². The van der Waals surface area contributed by atoms with Crippen molar-refractivity contribution in [1.29, 1.82) is 0 Å². The molecule has 0 aromatic carbocycles. The number of rotatable bonds is 6. The number of nitrogens with one attached hydrogen (secondary N) is 1. The van der Waals surface area contributed by atoms with Gasteiger partial charge < -0.3 is 15.2 Å². The third kappa shape index (κ3) is 4.24. The molecule has 4 nitrogen and oxygen atoms in total. The SMILES string of the molecule is COCC(CO)NC(=O)CC1CC1. The normalized spacial score (nSPS) is 18.3. The molecule has 1 atom stereocenters. The first-order chi connectivity index (χ1) is 6.26. The fourth-order valence-corrected chi connectivity index (χ4v) is 1.21. The smallest absolute Gasteiger partial charge is 0.220 e. The summed E-state index contributed by atoms with van der Waals surface area (Å²) in [5.41, 5.74) is 0. The number of aliphatic hydroxyl groups is 1. The molecule has 0 bridgehead atoms. The monoisotopic (exact) mass is 187 g/mol. The van der Waals surface area contributed by atoms with Gasteiger partial charge in [0.1, 0.15) is 0 Å². The second-order valence-electron chi connectivity index (χ2n) is 3.55. The lowest BCUT2D eigenvalue weighted by Crippen LogP contribution is -2.40. The molecule has 0 aromatic heterocycles. The molecule has 4 heteroatoms. The molecule has 0 aromatic rings. The zero-order chi connectivity index (χ0) is 9.68. The first-order valence-electron chi connectivity index (χ1n) is 4.65. The highest BCUT2D eigenvalue weighted by Crippen LogP contribution is 2.32. The fourth-order valence-electron chi connectivity index (χ4n) is 1.21. The van der Waals surface area contributed by atoms with Gasteiger partial charge in [0.25, 0.3) is 0 Å². The van der Waals surface area contributed by atoms with Crippen molar-refractivity contribution >= 4 is 5.91 Å². The number of hydrogen-bond acceptors (Lipinski definition) is 3. The number of carbonyl (C=O) groups excluding carboxylic acids is 1. The molecule has 76 valence electrons. The van der Waals surface area contributed by atoms with Crippen LogP contribution in [0.2, 0.25) is 0 Å². The Morgan fingerprint density at radius 2 is 2.38 bits per heavy atom. The van der Waals surface area contributed by atoms with E-state index < -0.39 is 0 Å². The number of ether oxygens (including phenoxy) is 1. The Morgan fingerprint density at radius 3 is 2.85 bits per heavy atom. The maximum Gasteiger partial charge on any atom is 0.220 e. The molecule has 0 heterocycles. The lowest BCUT2D eigenvalue weighted by Gasteiger charge is -2.14. The standard InChI is InChI=1S/C9H17NO3/c1-13-6-8(5-11)10-9(12)4-7-2-3-7/h7-8,11H,2-6H2,1H3,(H,10,12). The molecule has 0 spiro atoms. The van der Waals surface area contributed by atoms with Gasteiger partial charge in [-0.15, -0.1) is 0 Å². The van der Waals surface area contributed by atoms with Gasteiger partial charge in [-0.2, -0.15) is 0 Å². The highest BCUT2D eigenvalue weighted by atomic mass is 16.5.